The molecule has 0 radical (unpaired) electrons. The Morgan fingerprint density at radius 2 is 1.23 bits per heavy atom. The predicted octanol–water partition coefficient (Wildman–Crippen LogP) is 4.98. The van der Waals surface area contributed by atoms with Crippen LogP contribution in [0.2, 0.25) is 10.0 Å². The van der Waals surface area contributed by atoms with Gasteiger partial charge in [-0.2, -0.15) is 5.10 Å². The number of hydrogen-bond donors (Lipinski definition) is 2. The number of aliphatic imine (C=N–C) groups is 1. The molecule has 0 aliphatic rings. The van der Waals surface area contributed by atoms with Crippen LogP contribution in [0.4, 0.5) is 5.69 Å². The third-order valence-corrected chi connectivity index (χ3v) is 4.03. The van der Waals surface area contributed by atoms with Crippen molar-refractivity contribution in [2.75, 3.05) is 0 Å². The monoisotopic (exact) mass is 382 g/mol. The van der Waals surface area contributed by atoms with Crippen LogP contribution in [0.5, 0.6) is 0 Å². The van der Waals surface area contributed by atoms with Crippen molar-refractivity contribution in [3.05, 3.63) is 100 Å². The number of para-hydroxylation sites is 1. The molecule has 0 bridgehead atoms. The third kappa shape index (κ3) is 4.85. The van der Waals surface area contributed by atoms with Gasteiger partial charge in [-0.15, -0.1) is 0 Å². The molecular formula is C20H16Cl2N4. The van der Waals surface area contributed by atoms with Crippen LogP contribution in [-0.2, 0) is 0 Å². The van der Waals surface area contributed by atoms with E-state index in [-0.39, 0.29) is 5.96 Å². The van der Waals surface area contributed by atoms with Crippen LogP contribution < -0.4 is 11.2 Å². The standard InChI is InChI=1S/C20H16Cl2N4/c21-16-10-6-14(7-11-16)19(15-8-12-17(22)13-9-15)25-26-20(23)24-18-4-2-1-3-5-18/h1-13H,(H3,23,24,26). The Kier molecular flexibility index (Phi) is 5.89. The van der Waals surface area contributed by atoms with E-state index in [9.17, 15) is 0 Å². The summed E-state index contributed by atoms with van der Waals surface area (Å²) >= 11 is 12.0. The van der Waals surface area contributed by atoms with Gasteiger partial charge in [-0.3, -0.25) is 0 Å². The second-order valence-electron chi connectivity index (χ2n) is 5.42. The fraction of sp³-hybridized carbons (Fsp3) is 0. The van der Waals surface area contributed by atoms with Crippen molar-refractivity contribution >= 4 is 40.6 Å². The van der Waals surface area contributed by atoms with Gasteiger partial charge in [0.15, 0.2) is 0 Å². The average molecular weight is 383 g/mol. The molecule has 0 heterocycles. The van der Waals surface area contributed by atoms with E-state index in [1.54, 1.807) is 0 Å². The van der Waals surface area contributed by atoms with Gasteiger partial charge in [0.25, 0.3) is 0 Å². The highest BCUT2D eigenvalue weighted by atomic mass is 35.5. The van der Waals surface area contributed by atoms with E-state index in [4.69, 9.17) is 28.9 Å². The zero-order valence-electron chi connectivity index (χ0n) is 13.7. The summed E-state index contributed by atoms with van der Waals surface area (Å²) in [5, 5.41) is 5.75. The van der Waals surface area contributed by atoms with Gasteiger partial charge >= 0.3 is 0 Å². The van der Waals surface area contributed by atoms with Crippen LogP contribution in [0.15, 0.2) is 89.0 Å². The number of halogens is 2. The first-order chi connectivity index (χ1) is 12.6. The molecule has 3 N–H and O–H groups in total. The quantitative estimate of drug-likeness (QED) is 0.379. The Morgan fingerprint density at radius 3 is 1.73 bits per heavy atom. The van der Waals surface area contributed by atoms with Gasteiger partial charge in [0.05, 0.1) is 11.4 Å². The predicted molar refractivity (Wildman–Crippen MR) is 109 cm³/mol. The number of nitrogens with zero attached hydrogens (tertiary/aromatic N) is 2. The number of hydrogen-bond acceptors (Lipinski definition) is 2. The van der Waals surface area contributed by atoms with E-state index in [2.05, 4.69) is 15.5 Å². The van der Waals surface area contributed by atoms with E-state index in [1.807, 2.05) is 78.9 Å². The molecule has 0 aliphatic carbocycles. The summed E-state index contributed by atoms with van der Waals surface area (Å²) in [6.07, 6.45) is 0. The van der Waals surface area contributed by atoms with Gasteiger partial charge in [0.1, 0.15) is 0 Å². The van der Waals surface area contributed by atoms with Crippen molar-refractivity contribution in [3.63, 3.8) is 0 Å². The van der Waals surface area contributed by atoms with E-state index >= 15 is 0 Å². The molecule has 0 atom stereocenters. The lowest BCUT2D eigenvalue weighted by atomic mass is 10.0. The minimum atomic E-state index is 0.191. The van der Waals surface area contributed by atoms with Crippen molar-refractivity contribution < 1.29 is 0 Å². The first-order valence-corrected chi connectivity index (χ1v) is 8.62. The first-order valence-electron chi connectivity index (χ1n) is 7.86. The zero-order valence-corrected chi connectivity index (χ0v) is 15.2. The smallest absolute Gasteiger partial charge is 0.214 e. The fourth-order valence-electron chi connectivity index (χ4n) is 2.29. The van der Waals surface area contributed by atoms with Crippen molar-refractivity contribution in [1.29, 1.82) is 0 Å². The first kappa shape index (κ1) is 18.0. The van der Waals surface area contributed by atoms with E-state index < -0.39 is 0 Å². The molecule has 0 aromatic heterocycles. The minimum Gasteiger partial charge on any atom is -0.368 e. The fourth-order valence-corrected chi connectivity index (χ4v) is 2.54. The summed E-state index contributed by atoms with van der Waals surface area (Å²) in [6.45, 7) is 0. The summed E-state index contributed by atoms with van der Waals surface area (Å²) in [7, 11) is 0. The maximum Gasteiger partial charge on any atom is 0.214 e. The maximum absolute atomic E-state index is 5.99. The molecule has 0 unspecified atom stereocenters. The van der Waals surface area contributed by atoms with Gasteiger partial charge in [-0.25, -0.2) is 10.4 Å². The molecular weight excluding hydrogens is 367 g/mol. The van der Waals surface area contributed by atoms with E-state index in [0.717, 1.165) is 16.8 Å². The van der Waals surface area contributed by atoms with E-state index in [1.165, 1.54) is 0 Å². The van der Waals surface area contributed by atoms with Crippen LogP contribution in [0.25, 0.3) is 0 Å². The molecule has 0 spiro atoms. The Hall–Kier alpha value is -2.82. The summed E-state index contributed by atoms with van der Waals surface area (Å²) in [6, 6.07) is 24.2. The molecule has 26 heavy (non-hydrogen) atoms. The lowest BCUT2D eigenvalue weighted by Crippen LogP contribution is -2.28. The molecule has 0 amide bonds. The largest absolute Gasteiger partial charge is 0.368 e. The second kappa shape index (κ2) is 8.52. The number of hydrazone groups is 1. The number of guanidine groups is 1. The zero-order chi connectivity index (χ0) is 18.4. The lowest BCUT2D eigenvalue weighted by molar-refractivity contribution is 1.01. The van der Waals surface area contributed by atoms with Crippen LogP contribution in [-0.4, -0.2) is 11.7 Å². The summed E-state index contributed by atoms with van der Waals surface area (Å²) in [4.78, 5) is 4.28. The van der Waals surface area contributed by atoms with Crippen molar-refractivity contribution in [2.24, 2.45) is 15.8 Å². The Balaban J connectivity index is 1.92. The lowest BCUT2D eigenvalue weighted by Gasteiger charge is -2.09. The number of rotatable bonds is 4. The SMILES string of the molecule is NC(=Nc1ccccc1)NN=C(c1ccc(Cl)cc1)c1ccc(Cl)cc1. The van der Waals surface area contributed by atoms with Crippen LogP contribution in [0.1, 0.15) is 11.1 Å². The molecule has 3 aromatic carbocycles. The Labute approximate surface area is 162 Å². The summed E-state index contributed by atoms with van der Waals surface area (Å²) in [5.74, 6) is 0.191. The minimum absolute atomic E-state index is 0.191. The third-order valence-electron chi connectivity index (χ3n) is 3.52. The normalized spacial score (nSPS) is 11.1. The summed E-state index contributed by atoms with van der Waals surface area (Å²) < 4.78 is 0. The molecule has 130 valence electrons. The molecule has 0 saturated heterocycles. The highest BCUT2D eigenvalue weighted by Crippen LogP contribution is 2.17. The van der Waals surface area contributed by atoms with Crippen molar-refractivity contribution in [2.45, 2.75) is 0 Å². The van der Waals surface area contributed by atoms with Gasteiger partial charge in [-0.05, 0) is 36.4 Å². The van der Waals surface area contributed by atoms with Crippen LogP contribution in [0.3, 0.4) is 0 Å². The highest BCUT2D eigenvalue weighted by Gasteiger charge is 2.08. The van der Waals surface area contributed by atoms with Gasteiger partial charge in [0.2, 0.25) is 5.96 Å². The molecule has 0 aliphatic heterocycles. The van der Waals surface area contributed by atoms with E-state index in [0.29, 0.717) is 15.8 Å². The maximum atomic E-state index is 5.99. The Bertz CT molecular complexity index is 871. The Morgan fingerprint density at radius 1 is 0.731 bits per heavy atom. The number of nitrogens with one attached hydrogen (secondary N) is 1. The van der Waals surface area contributed by atoms with Crippen LogP contribution >= 0.6 is 23.2 Å². The van der Waals surface area contributed by atoms with Crippen molar-refractivity contribution in [1.82, 2.24) is 5.43 Å². The van der Waals surface area contributed by atoms with Gasteiger partial charge in [0, 0.05) is 21.2 Å². The number of benzene rings is 3. The molecule has 3 aromatic rings. The molecule has 3 rings (SSSR count). The number of nitrogens with two attached hydrogens (primary N) is 1. The molecule has 0 saturated carbocycles. The topological polar surface area (TPSA) is 62.8 Å². The molecule has 6 heteroatoms. The van der Waals surface area contributed by atoms with Gasteiger partial charge in [-0.1, -0.05) is 65.7 Å². The molecule has 0 fully saturated rings. The van der Waals surface area contributed by atoms with Crippen molar-refractivity contribution in [3.8, 4) is 0 Å². The van der Waals surface area contributed by atoms with Gasteiger partial charge < -0.3 is 5.73 Å². The van der Waals surface area contributed by atoms with Crippen LogP contribution in [0, 0.1) is 0 Å². The molecule has 4 nitrogen and oxygen atoms in total. The average Bonchev–Trinajstić information content (AvgIpc) is 2.65. The second-order valence-corrected chi connectivity index (χ2v) is 6.29. The summed E-state index contributed by atoms with van der Waals surface area (Å²) in [5.41, 5.74) is 12.0. The highest BCUT2D eigenvalue weighted by molar-refractivity contribution is 6.31.